The van der Waals surface area contributed by atoms with Crippen LogP contribution in [0.1, 0.15) is 30.1 Å². The predicted octanol–water partition coefficient (Wildman–Crippen LogP) is 4.32. The molecule has 0 bridgehead atoms. The Morgan fingerprint density at radius 1 is 1.12 bits per heavy atom. The van der Waals surface area contributed by atoms with Crippen LogP contribution in [0.2, 0.25) is 0 Å². The van der Waals surface area contributed by atoms with Gasteiger partial charge in [-0.2, -0.15) is 0 Å². The van der Waals surface area contributed by atoms with E-state index in [1.165, 1.54) is 16.6 Å². The number of benzene rings is 2. The van der Waals surface area contributed by atoms with Crippen LogP contribution < -0.4 is 5.32 Å². The van der Waals surface area contributed by atoms with Crippen LogP contribution in [0.4, 0.5) is 0 Å². The Kier molecular flexibility index (Phi) is 3.56. The molecule has 130 valence electrons. The molecule has 1 aliphatic rings. The molecule has 4 heteroatoms. The van der Waals surface area contributed by atoms with E-state index in [1.54, 1.807) is 0 Å². The van der Waals surface area contributed by atoms with E-state index in [-0.39, 0.29) is 11.9 Å². The van der Waals surface area contributed by atoms with E-state index in [9.17, 15) is 4.79 Å². The van der Waals surface area contributed by atoms with Crippen molar-refractivity contribution in [1.82, 2.24) is 14.9 Å². The van der Waals surface area contributed by atoms with E-state index in [0.29, 0.717) is 6.54 Å². The standard InChI is InChI=1S/C22H21N3O/c26-21(14-25-13-12-15-6-1-4-11-20(15)25)23-19-10-5-8-17-16-7-2-3-9-18(16)24-22(17)19/h1-4,6-7,9,11-13,19,24H,5,8,10,14H2,(H,23,26)/t19-/m0/s1. The molecule has 0 saturated heterocycles. The summed E-state index contributed by atoms with van der Waals surface area (Å²) in [6.07, 6.45) is 5.15. The minimum Gasteiger partial charge on any atom is -0.356 e. The van der Waals surface area contributed by atoms with E-state index in [1.807, 2.05) is 22.9 Å². The quantitative estimate of drug-likeness (QED) is 0.572. The number of fused-ring (bicyclic) bond motifs is 4. The van der Waals surface area contributed by atoms with Crippen molar-refractivity contribution in [2.45, 2.75) is 31.8 Å². The highest BCUT2D eigenvalue weighted by atomic mass is 16.2. The summed E-state index contributed by atoms with van der Waals surface area (Å²) in [5.74, 6) is 0.0582. The van der Waals surface area contributed by atoms with Gasteiger partial charge >= 0.3 is 0 Å². The minimum atomic E-state index is 0.0582. The van der Waals surface area contributed by atoms with Crippen LogP contribution in [0.15, 0.2) is 60.8 Å². The van der Waals surface area contributed by atoms with Crippen molar-refractivity contribution in [1.29, 1.82) is 0 Å². The lowest BCUT2D eigenvalue weighted by Crippen LogP contribution is -2.33. The number of amides is 1. The Labute approximate surface area is 151 Å². The van der Waals surface area contributed by atoms with Gasteiger partial charge in [-0.3, -0.25) is 4.79 Å². The lowest BCUT2D eigenvalue weighted by atomic mass is 9.91. The van der Waals surface area contributed by atoms with E-state index in [4.69, 9.17) is 0 Å². The molecule has 4 nitrogen and oxygen atoms in total. The molecule has 2 aromatic heterocycles. The van der Waals surface area contributed by atoms with Crippen molar-refractivity contribution in [2.24, 2.45) is 0 Å². The molecular formula is C22H21N3O. The molecule has 1 amide bonds. The topological polar surface area (TPSA) is 49.8 Å². The molecule has 0 aliphatic heterocycles. The number of aromatic nitrogens is 2. The summed E-state index contributed by atoms with van der Waals surface area (Å²) in [7, 11) is 0. The first-order valence-corrected chi connectivity index (χ1v) is 9.22. The van der Waals surface area contributed by atoms with Gasteiger partial charge in [-0.1, -0.05) is 36.4 Å². The summed E-state index contributed by atoms with van der Waals surface area (Å²) < 4.78 is 2.01. The highest BCUT2D eigenvalue weighted by molar-refractivity contribution is 5.86. The number of aromatic amines is 1. The molecule has 2 N–H and O–H groups in total. The van der Waals surface area contributed by atoms with Crippen LogP contribution in [-0.4, -0.2) is 15.5 Å². The second-order valence-corrected chi connectivity index (χ2v) is 7.08. The number of hydrogen-bond acceptors (Lipinski definition) is 1. The predicted molar refractivity (Wildman–Crippen MR) is 104 cm³/mol. The lowest BCUT2D eigenvalue weighted by molar-refractivity contribution is -0.122. The Morgan fingerprint density at radius 3 is 2.92 bits per heavy atom. The Bertz CT molecular complexity index is 1100. The van der Waals surface area contributed by atoms with E-state index >= 15 is 0 Å². The van der Waals surface area contributed by atoms with Crippen LogP contribution in [0.5, 0.6) is 0 Å². The van der Waals surface area contributed by atoms with E-state index in [0.717, 1.165) is 35.7 Å². The number of carbonyl (C=O) groups is 1. The van der Waals surface area contributed by atoms with Gasteiger partial charge in [0.15, 0.2) is 0 Å². The average molecular weight is 343 g/mol. The maximum Gasteiger partial charge on any atom is 0.240 e. The zero-order valence-corrected chi connectivity index (χ0v) is 14.5. The smallest absolute Gasteiger partial charge is 0.240 e. The second kappa shape index (κ2) is 6.06. The molecule has 0 fully saturated rings. The van der Waals surface area contributed by atoms with Crippen molar-refractivity contribution in [2.75, 3.05) is 0 Å². The number of para-hydroxylation sites is 2. The van der Waals surface area contributed by atoms with Gasteiger partial charge < -0.3 is 14.9 Å². The molecule has 1 atom stereocenters. The van der Waals surface area contributed by atoms with Gasteiger partial charge in [-0.05, 0) is 48.4 Å². The van der Waals surface area contributed by atoms with Gasteiger partial charge in [0.2, 0.25) is 5.91 Å². The number of aryl methyl sites for hydroxylation is 1. The molecule has 0 spiro atoms. The van der Waals surface area contributed by atoms with Crippen molar-refractivity contribution >= 4 is 27.7 Å². The highest BCUT2D eigenvalue weighted by Gasteiger charge is 2.25. The Balaban J connectivity index is 1.39. The molecule has 1 aliphatic carbocycles. The number of nitrogens with zero attached hydrogens (tertiary/aromatic N) is 1. The first-order valence-electron chi connectivity index (χ1n) is 9.22. The summed E-state index contributed by atoms with van der Waals surface area (Å²) in [6, 6.07) is 18.7. The average Bonchev–Trinajstić information content (AvgIpc) is 3.24. The third-order valence-electron chi connectivity index (χ3n) is 5.44. The maximum absolute atomic E-state index is 12.7. The summed E-state index contributed by atoms with van der Waals surface area (Å²) in [4.78, 5) is 16.2. The van der Waals surface area contributed by atoms with Gasteiger partial charge in [0, 0.05) is 28.3 Å². The normalized spacial score (nSPS) is 16.7. The fourth-order valence-electron chi connectivity index (χ4n) is 4.23. The van der Waals surface area contributed by atoms with Crippen molar-refractivity contribution < 1.29 is 4.79 Å². The molecule has 0 unspecified atom stereocenters. The van der Waals surface area contributed by atoms with E-state index < -0.39 is 0 Å². The number of nitrogens with one attached hydrogen (secondary N) is 2. The van der Waals surface area contributed by atoms with Crippen molar-refractivity contribution in [3.8, 4) is 0 Å². The molecule has 26 heavy (non-hydrogen) atoms. The number of carbonyl (C=O) groups excluding carboxylic acids is 1. The third-order valence-corrected chi connectivity index (χ3v) is 5.44. The highest BCUT2D eigenvalue weighted by Crippen LogP contribution is 2.34. The van der Waals surface area contributed by atoms with Gasteiger partial charge in [-0.25, -0.2) is 0 Å². The van der Waals surface area contributed by atoms with Crippen LogP contribution in [0.3, 0.4) is 0 Å². The lowest BCUT2D eigenvalue weighted by Gasteiger charge is -2.24. The second-order valence-electron chi connectivity index (χ2n) is 7.08. The first-order chi connectivity index (χ1) is 12.8. The first kappa shape index (κ1) is 15.3. The molecular weight excluding hydrogens is 322 g/mol. The minimum absolute atomic E-state index is 0.0582. The number of H-pyrrole nitrogens is 1. The third kappa shape index (κ3) is 2.49. The Hall–Kier alpha value is -3.01. The van der Waals surface area contributed by atoms with E-state index in [2.05, 4.69) is 52.8 Å². The van der Waals surface area contributed by atoms with Gasteiger partial charge in [0.1, 0.15) is 6.54 Å². The summed E-state index contributed by atoms with van der Waals surface area (Å²) in [6.45, 7) is 0.347. The molecule has 2 heterocycles. The monoisotopic (exact) mass is 343 g/mol. The maximum atomic E-state index is 12.7. The molecule has 4 aromatic rings. The molecule has 2 aromatic carbocycles. The van der Waals surface area contributed by atoms with Crippen LogP contribution in [0, 0.1) is 0 Å². The molecule has 5 rings (SSSR count). The summed E-state index contributed by atoms with van der Waals surface area (Å²) >= 11 is 0. The van der Waals surface area contributed by atoms with Crippen molar-refractivity contribution in [3.63, 3.8) is 0 Å². The van der Waals surface area contributed by atoms with Crippen LogP contribution in [-0.2, 0) is 17.8 Å². The SMILES string of the molecule is O=C(Cn1ccc2ccccc21)N[C@H]1CCCc2c1[nH]c1ccccc21. The summed E-state index contributed by atoms with van der Waals surface area (Å²) in [5, 5.41) is 5.70. The van der Waals surface area contributed by atoms with Crippen molar-refractivity contribution in [3.05, 3.63) is 72.1 Å². The van der Waals surface area contributed by atoms with Gasteiger partial charge in [0.25, 0.3) is 0 Å². The van der Waals surface area contributed by atoms with Crippen LogP contribution in [0.25, 0.3) is 21.8 Å². The zero-order chi connectivity index (χ0) is 17.5. The largest absolute Gasteiger partial charge is 0.356 e. The fraction of sp³-hybridized carbons (Fsp3) is 0.227. The summed E-state index contributed by atoms with van der Waals surface area (Å²) in [5.41, 5.74) is 4.80. The van der Waals surface area contributed by atoms with Crippen LogP contribution >= 0.6 is 0 Å². The Morgan fingerprint density at radius 2 is 1.96 bits per heavy atom. The molecule has 0 radical (unpaired) electrons. The van der Waals surface area contributed by atoms with Gasteiger partial charge in [0.05, 0.1) is 6.04 Å². The zero-order valence-electron chi connectivity index (χ0n) is 14.5. The fourth-order valence-corrected chi connectivity index (χ4v) is 4.23. The number of hydrogen-bond donors (Lipinski definition) is 2. The molecule has 0 saturated carbocycles. The van der Waals surface area contributed by atoms with Gasteiger partial charge in [-0.15, -0.1) is 0 Å². The number of rotatable bonds is 3.